The standard InChI is InChI=1S/C12H14N2O2/c1-2-10-11(13)16-14(12(10)15)8-9-6-4-3-5-7-9/h3-7H,2,8,13H2,1H3. The Labute approximate surface area is 93.3 Å². The first-order valence-electron chi connectivity index (χ1n) is 5.24. The second-order valence-corrected chi connectivity index (χ2v) is 3.62. The fourth-order valence-electron chi connectivity index (χ4n) is 1.65. The average molecular weight is 218 g/mol. The molecule has 4 nitrogen and oxygen atoms in total. The van der Waals surface area contributed by atoms with Crippen molar-refractivity contribution < 1.29 is 4.52 Å². The van der Waals surface area contributed by atoms with Gasteiger partial charge in [0.15, 0.2) is 0 Å². The third-order valence-electron chi connectivity index (χ3n) is 2.51. The Balaban J connectivity index is 2.33. The van der Waals surface area contributed by atoms with Crippen molar-refractivity contribution in [2.75, 3.05) is 5.73 Å². The molecule has 4 heteroatoms. The summed E-state index contributed by atoms with van der Waals surface area (Å²) in [6, 6.07) is 9.66. The van der Waals surface area contributed by atoms with Crippen LogP contribution in [0.25, 0.3) is 0 Å². The van der Waals surface area contributed by atoms with Gasteiger partial charge in [-0.15, -0.1) is 0 Å². The molecule has 0 fully saturated rings. The predicted octanol–water partition coefficient (Wildman–Crippen LogP) is 1.63. The largest absolute Gasteiger partial charge is 0.367 e. The lowest BCUT2D eigenvalue weighted by Gasteiger charge is -1.99. The molecule has 0 unspecified atom stereocenters. The Morgan fingerprint density at radius 3 is 2.56 bits per heavy atom. The molecule has 0 atom stereocenters. The first-order valence-corrected chi connectivity index (χ1v) is 5.24. The number of aromatic nitrogens is 1. The van der Waals surface area contributed by atoms with E-state index in [1.807, 2.05) is 37.3 Å². The summed E-state index contributed by atoms with van der Waals surface area (Å²) < 4.78 is 6.52. The van der Waals surface area contributed by atoms with Crippen LogP contribution in [0.15, 0.2) is 39.6 Å². The number of rotatable bonds is 3. The van der Waals surface area contributed by atoms with Gasteiger partial charge in [0.25, 0.3) is 5.56 Å². The molecule has 0 aliphatic heterocycles. The first kappa shape index (κ1) is 10.5. The van der Waals surface area contributed by atoms with Crippen LogP contribution in [0.3, 0.4) is 0 Å². The van der Waals surface area contributed by atoms with E-state index < -0.39 is 0 Å². The minimum Gasteiger partial charge on any atom is -0.367 e. The van der Waals surface area contributed by atoms with Gasteiger partial charge in [-0.1, -0.05) is 37.3 Å². The van der Waals surface area contributed by atoms with E-state index in [4.69, 9.17) is 10.3 Å². The molecular weight excluding hydrogens is 204 g/mol. The molecule has 0 aliphatic carbocycles. The maximum Gasteiger partial charge on any atom is 0.288 e. The number of hydrogen-bond donors (Lipinski definition) is 1. The summed E-state index contributed by atoms with van der Waals surface area (Å²) in [7, 11) is 0. The van der Waals surface area contributed by atoms with Gasteiger partial charge in [-0.2, -0.15) is 4.74 Å². The summed E-state index contributed by atoms with van der Waals surface area (Å²) in [5.74, 6) is 0.225. The molecule has 84 valence electrons. The van der Waals surface area contributed by atoms with E-state index in [1.165, 1.54) is 4.74 Å². The maximum atomic E-state index is 11.8. The summed E-state index contributed by atoms with van der Waals surface area (Å²) >= 11 is 0. The number of nitrogen functional groups attached to an aromatic ring is 1. The molecule has 0 spiro atoms. The van der Waals surface area contributed by atoms with E-state index in [-0.39, 0.29) is 11.4 Å². The molecule has 2 N–H and O–H groups in total. The number of hydrogen-bond acceptors (Lipinski definition) is 3. The second-order valence-electron chi connectivity index (χ2n) is 3.62. The molecule has 0 saturated carbocycles. The Morgan fingerprint density at radius 2 is 2.00 bits per heavy atom. The number of anilines is 1. The number of benzene rings is 1. The summed E-state index contributed by atoms with van der Waals surface area (Å²) in [4.78, 5) is 11.8. The highest BCUT2D eigenvalue weighted by Crippen LogP contribution is 2.09. The van der Waals surface area contributed by atoms with Crippen LogP contribution < -0.4 is 11.3 Å². The van der Waals surface area contributed by atoms with Crippen LogP contribution in [0.5, 0.6) is 0 Å². The normalized spacial score (nSPS) is 10.6. The van der Waals surface area contributed by atoms with E-state index in [0.717, 1.165) is 5.56 Å². The highest BCUT2D eigenvalue weighted by atomic mass is 16.5. The highest BCUT2D eigenvalue weighted by molar-refractivity contribution is 5.33. The van der Waals surface area contributed by atoms with Crippen LogP contribution in [-0.4, -0.2) is 4.74 Å². The lowest BCUT2D eigenvalue weighted by Crippen LogP contribution is -2.17. The van der Waals surface area contributed by atoms with E-state index in [0.29, 0.717) is 18.5 Å². The molecule has 1 heterocycles. The van der Waals surface area contributed by atoms with E-state index in [2.05, 4.69) is 0 Å². The minimum atomic E-state index is -0.135. The fourth-order valence-corrected chi connectivity index (χ4v) is 1.65. The zero-order chi connectivity index (χ0) is 11.5. The quantitative estimate of drug-likeness (QED) is 0.851. The molecular formula is C12H14N2O2. The van der Waals surface area contributed by atoms with E-state index in [9.17, 15) is 4.79 Å². The van der Waals surface area contributed by atoms with Crippen LogP contribution in [-0.2, 0) is 13.0 Å². The van der Waals surface area contributed by atoms with Crippen LogP contribution in [0, 0.1) is 0 Å². The molecule has 1 aromatic carbocycles. The van der Waals surface area contributed by atoms with Crippen molar-refractivity contribution in [3.8, 4) is 0 Å². The van der Waals surface area contributed by atoms with Gasteiger partial charge in [0, 0.05) is 0 Å². The van der Waals surface area contributed by atoms with Crippen LogP contribution in [0.2, 0.25) is 0 Å². The van der Waals surface area contributed by atoms with Crippen LogP contribution >= 0.6 is 0 Å². The molecule has 0 radical (unpaired) electrons. The lowest BCUT2D eigenvalue weighted by atomic mass is 10.2. The third-order valence-corrected chi connectivity index (χ3v) is 2.51. The monoisotopic (exact) mass is 218 g/mol. The molecule has 0 bridgehead atoms. The van der Waals surface area contributed by atoms with Gasteiger partial charge in [-0.3, -0.25) is 4.79 Å². The number of nitrogens with zero attached hydrogens (tertiary/aromatic N) is 1. The summed E-state index contributed by atoms with van der Waals surface area (Å²) in [5, 5.41) is 0. The molecule has 2 rings (SSSR count). The molecule has 16 heavy (non-hydrogen) atoms. The molecule has 0 amide bonds. The van der Waals surface area contributed by atoms with Crippen LogP contribution in [0.1, 0.15) is 18.1 Å². The Bertz CT molecular complexity index is 526. The third kappa shape index (κ3) is 1.86. The fraction of sp³-hybridized carbons (Fsp3) is 0.250. The molecule has 0 saturated heterocycles. The van der Waals surface area contributed by atoms with Gasteiger partial charge in [-0.25, -0.2) is 0 Å². The van der Waals surface area contributed by atoms with E-state index >= 15 is 0 Å². The van der Waals surface area contributed by atoms with Crippen molar-refractivity contribution in [3.05, 3.63) is 51.8 Å². The van der Waals surface area contributed by atoms with Crippen molar-refractivity contribution in [2.24, 2.45) is 0 Å². The van der Waals surface area contributed by atoms with Crippen molar-refractivity contribution in [2.45, 2.75) is 19.9 Å². The van der Waals surface area contributed by atoms with E-state index in [1.54, 1.807) is 0 Å². The summed E-state index contributed by atoms with van der Waals surface area (Å²) in [6.07, 6.45) is 0.593. The summed E-state index contributed by atoms with van der Waals surface area (Å²) in [5.41, 5.74) is 7.05. The SMILES string of the molecule is CCc1c(N)on(Cc2ccccc2)c1=O. The lowest BCUT2D eigenvalue weighted by molar-refractivity contribution is 0.289. The van der Waals surface area contributed by atoms with Crippen molar-refractivity contribution in [1.29, 1.82) is 0 Å². The molecule has 1 aromatic heterocycles. The zero-order valence-corrected chi connectivity index (χ0v) is 9.14. The maximum absolute atomic E-state index is 11.8. The van der Waals surface area contributed by atoms with Gasteiger partial charge in [0.2, 0.25) is 5.88 Å². The van der Waals surface area contributed by atoms with Gasteiger partial charge in [-0.05, 0) is 12.0 Å². The van der Waals surface area contributed by atoms with Crippen molar-refractivity contribution in [1.82, 2.24) is 4.74 Å². The Hall–Kier alpha value is -1.97. The summed E-state index contributed by atoms with van der Waals surface area (Å²) in [6.45, 7) is 2.30. The van der Waals surface area contributed by atoms with Gasteiger partial charge in [0.1, 0.15) is 0 Å². The van der Waals surface area contributed by atoms with Crippen molar-refractivity contribution >= 4 is 5.88 Å². The topological polar surface area (TPSA) is 61.2 Å². The minimum absolute atomic E-state index is 0.135. The highest BCUT2D eigenvalue weighted by Gasteiger charge is 2.12. The Morgan fingerprint density at radius 1 is 1.31 bits per heavy atom. The average Bonchev–Trinajstić information content (AvgIpc) is 2.55. The van der Waals surface area contributed by atoms with Crippen LogP contribution in [0.4, 0.5) is 5.88 Å². The van der Waals surface area contributed by atoms with Gasteiger partial charge in [0.05, 0.1) is 12.1 Å². The van der Waals surface area contributed by atoms with Crippen molar-refractivity contribution in [3.63, 3.8) is 0 Å². The molecule has 0 aliphatic rings. The van der Waals surface area contributed by atoms with Gasteiger partial charge >= 0.3 is 0 Å². The molecule has 2 aromatic rings. The number of nitrogens with two attached hydrogens (primary N) is 1. The predicted molar refractivity (Wildman–Crippen MR) is 62.3 cm³/mol. The van der Waals surface area contributed by atoms with Gasteiger partial charge < -0.3 is 10.3 Å². The zero-order valence-electron chi connectivity index (χ0n) is 9.14. The Kier molecular flexibility index (Phi) is 2.81. The smallest absolute Gasteiger partial charge is 0.288 e. The second kappa shape index (κ2) is 4.26. The first-order chi connectivity index (χ1) is 7.72.